The standard InChI is InChI=1S/3C5H11.C2HCl3O2.Pb/c3*1-4-5(2)3;3-2(4,5)1(6)7;/h3*5H,1,4H2,2-3H3;(H,6,7);. The number of aliphatic carboxylic acids is 1. The van der Waals surface area contributed by atoms with Gasteiger partial charge in [0, 0.05) is 0 Å². The third-order valence-corrected chi connectivity index (χ3v) is 15.6. The molecule has 0 heterocycles. The van der Waals surface area contributed by atoms with Gasteiger partial charge in [0.25, 0.3) is 3.79 Å². The largest absolute Gasteiger partial charge is 0.478 e. The van der Waals surface area contributed by atoms with Crippen LogP contribution in [-0.4, -0.2) is 37.6 Å². The number of rotatable bonds is 9. The van der Waals surface area contributed by atoms with E-state index in [0.717, 1.165) is 17.8 Å². The van der Waals surface area contributed by atoms with Gasteiger partial charge in [-0.15, -0.1) is 0 Å². The summed E-state index contributed by atoms with van der Waals surface area (Å²) in [4.78, 5) is 9.62. The molecule has 0 aromatic carbocycles. The van der Waals surface area contributed by atoms with Crippen molar-refractivity contribution >= 4 is 63.5 Å². The fourth-order valence-electron chi connectivity index (χ4n) is 1.85. The van der Waals surface area contributed by atoms with Crippen molar-refractivity contribution in [3.63, 3.8) is 0 Å². The van der Waals surface area contributed by atoms with Gasteiger partial charge in [-0.1, -0.05) is 34.8 Å². The zero-order valence-electron chi connectivity index (χ0n) is 15.5. The molecule has 0 amide bonds. The van der Waals surface area contributed by atoms with Crippen molar-refractivity contribution in [2.24, 2.45) is 17.8 Å². The summed E-state index contributed by atoms with van der Waals surface area (Å²) in [7, 11) is 0. The first kappa shape index (κ1) is 26.5. The van der Waals surface area contributed by atoms with E-state index in [9.17, 15) is 4.79 Å². The van der Waals surface area contributed by atoms with E-state index in [2.05, 4.69) is 41.5 Å². The molecule has 139 valence electrons. The molecule has 6 heteroatoms. The van der Waals surface area contributed by atoms with Crippen molar-refractivity contribution in [2.45, 2.75) is 76.5 Å². The van der Waals surface area contributed by atoms with E-state index in [1.165, 1.54) is 19.3 Å². The van der Waals surface area contributed by atoms with Crippen LogP contribution in [0, 0.1) is 17.8 Å². The first-order valence-corrected chi connectivity index (χ1v) is 17.9. The molecule has 0 aliphatic heterocycles. The van der Waals surface area contributed by atoms with E-state index >= 15 is 0 Å². The molecule has 1 radical (unpaired) electrons. The van der Waals surface area contributed by atoms with Gasteiger partial charge in [-0.3, -0.25) is 0 Å². The van der Waals surface area contributed by atoms with Crippen LogP contribution < -0.4 is 0 Å². The minimum Gasteiger partial charge on any atom is -0.478 e. The van der Waals surface area contributed by atoms with Gasteiger partial charge in [-0.25, -0.2) is 4.79 Å². The van der Waals surface area contributed by atoms with Crippen LogP contribution in [0.1, 0.15) is 60.8 Å². The molecule has 0 bridgehead atoms. The third kappa shape index (κ3) is 21.2. The Kier molecular flexibility index (Phi) is 16.6. The molecule has 0 aromatic heterocycles. The molecular formula is C17H34Cl3O2Pb. The Labute approximate surface area is 166 Å². The summed E-state index contributed by atoms with van der Waals surface area (Å²) >= 11 is 13.3. The smallest absolute Gasteiger partial charge is 0.356 e. The summed E-state index contributed by atoms with van der Waals surface area (Å²) in [6, 6.07) is 0. The van der Waals surface area contributed by atoms with Gasteiger partial charge in [0.2, 0.25) is 0 Å². The van der Waals surface area contributed by atoms with Crippen molar-refractivity contribution in [1.82, 2.24) is 0 Å². The first-order valence-electron chi connectivity index (χ1n) is 8.49. The Morgan fingerprint density at radius 2 is 1.04 bits per heavy atom. The topological polar surface area (TPSA) is 37.3 Å². The van der Waals surface area contributed by atoms with Crippen molar-refractivity contribution in [3.8, 4) is 0 Å². The van der Waals surface area contributed by atoms with Crippen molar-refractivity contribution in [1.29, 1.82) is 0 Å². The predicted molar refractivity (Wildman–Crippen MR) is 106 cm³/mol. The van der Waals surface area contributed by atoms with Crippen LogP contribution in [-0.2, 0) is 4.79 Å². The number of carboxylic acid groups (broad SMARTS) is 1. The molecule has 0 unspecified atom stereocenters. The molecular weight excluding hydrogens is 550 g/mol. The number of hydrogen-bond donors (Lipinski definition) is 1. The van der Waals surface area contributed by atoms with Crippen LogP contribution in [0.15, 0.2) is 0 Å². The Morgan fingerprint density at radius 1 is 0.826 bits per heavy atom. The second-order valence-electron chi connectivity index (χ2n) is 7.35. The molecule has 0 aromatic rings. The van der Waals surface area contributed by atoms with Gasteiger partial charge in [0.15, 0.2) is 0 Å². The fraction of sp³-hybridized carbons (Fsp3) is 0.941. The quantitative estimate of drug-likeness (QED) is 0.233. The summed E-state index contributed by atoms with van der Waals surface area (Å²) in [5.41, 5.74) is 0. The Balaban J connectivity index is 0. The molecule has 0 saturated heterocycles. The molecule has 0 saturated carbocycles. The van der Waals surface area contributed by atoms with Crippen LogP contribution in [0.3, 0.4) is 0 Å². The number of carbonyl (C=O) groups is 1. The van der Waals surface area contributed by atoms with E-state index in [4.69, 9.17) is 39.9 Å². The minimum atomic E-state index is -2.17. The second kappa shape index (κ2) is 14.4. The molecule has 0 spiro atoms. The second-order valence-corrected chi connectivity index (χ2v) is 21.3. The molecule has 0 fully saturated rings. The number of hydrogen-bond acceptors (Lipinski definition) is 1. The molecule has 0 rings (SSSR count). The van der Waals surface area contributed by atoms with E-state index in [0.29, 0.717) is 0 Å². The normalized spacial score (nSPS) is 12.0. The zero-order chi connectivity index (χ0) is 18.6. The maximum atomic E-state index is 9.62. The molecule has 0 aliphatic rings. The third-order valence-electron chi connectivity index (χ3n) is 3.47. The number of halogens is 3. The number of carboxylic acids is 1. The molecule has 0 atom stereocenters. The van der Waals surface area contributed by atoms with Gasteiger partial charge < -0.3 is 5.11 Å². The van der Waals surface area contributed by atoms with E-state index in [1.807, 2.05) is 0 Å². The van der Waals surface area contributed by atoms with Crippen molar-refractivity contribution < 1.29 is 9.90 Å². The Hall–Kier alpha value is 1.26. The predicted octanol–water partition coefficient (Wildman–Crippen LogP) is 7.06. The van der Waals surface area contributed by atoms with Crippen LogP contribution >= 0.6 is 34.8 Å². The average molecular weight is 584 g/mol. The fourth-order valence-corrected chi connectivity index (χ4v) is 16.3. The number of alkyl halides is 3. The summed E-state index contributed by atoms with van der Waals surface area (Å²) in [5, 5.41) is 7.85. The average Bonchev–Trinajstić information content (AvgIpc) is 2.36. The van der Waals surface area contributed by atoms with Gasteiger partial charge in [0.1, 0.15) is 0 Å². The monoisotopic (exact) mass is 583 g/mol. The molecule has 1 N–H and O–H groups in total. The summed E-state index contributed by atoms with van der Waals surface area (Å²) in [5.74, 6) is 1.33. The van der Waals surface area contributed by atoms with Crippen LogP contribution in [0.2, 0.25) is 11.9 Å². The maximum absolute atomic E-state index is 9.62. The molecule has 2 nitrogen and oxygen atoms in total. The Morgan fingerprint density at radius 3 is 1.17 bits per heavy atom. The van der Waals surface area contributed by atoms with E-state index in [1.54, 1.807) is 11.9 Å². The van der Waals surface area contributed by atoms with Crippen molar-refractivity contribution in [2.75, 3.05) is 0 Å². The van der Waals surface area contributed by atoms with Crippen LogP contribution in [0.25, 0.3) is 0 Å². The van der Waals surface area contributed by atoms with E-state index in [-0.39, 0.29) is 0 Å². The molecule has 23 heavy (non-hydrogen) atoms. The zero-order valence-corrected chi connectivity index (χ0v) is 21.6. The molecule has 0 aliphatic carbocycles. The van der Waals surface area contributed by atoms with Crippen molar-refractivity contribution in [3.05, 3.63) is 0 Å². The van der Waals surface area contributed by atoms with Gasteiger partial charge in [0.05, 0.1) is 0 Å². The SMILES string of the molecule is CC(C)C[CH2][Pb]([CH2]CC(C)C)[CH2]CC(C)C.O=C(O)C(Cl)(Cl)Cl. The summed E-state index contributed by atoms with van der Waals surface area (Å²) in [6.45, 7) is 14.3. The Bertz CT molecular complexity index is 274. The maximum Gasteiger partial charge on any atom is 0.356 e. The summed E-state index contributed by atoms with van der Waals surface area (Å²) < 4.78 is 2.84. The summed E-state index contributed by atoms with van der Waals surface area (Å²) in [6.07, 6.45) is 4.54. The van der Waals surface area contributed by atoms with E-state index < -0.39 is 32.5 Å². The van der Waals surface area contributed by atoms with Gasteiger partial charge >= 0.3 is 119 Å². The van der Waals surface area contributed by atoms with Gasteiger partial charge in [-0.05, 0) is 0 Å². The first-order chi connectivity index (χ1) is 10.4. The van der Waals surface area contributed by atoms with Crippen LogP contribution in [0.4, 0.5) is 0 Å². The minimum absolute atomic E-state index is 0.929. The van der Waals surface area contributed by atoms with Crippen LogP contribution in [0.5, 0.6) is 0 Å². The van der Waals surface area contributed by atoms with Gasteiger partial charge in [-0.2, -0.15) is 0 Å².